The Bertz CT molecular complexity index is 696. The van der Waals surface area contributed by atoms with Crippen molar-refractivity contribution in [2.24, 2.45) is 0 Å². The fourth-order valence-electron chi connectivity index (χ4n) is 2.51. The minimum atomic E-state index is -0.362. The monoisotopic (exact) mass is 357 g/mol. The zero-order valence-electron chi connectivity index (χ0n) is 14.7. The lowest BCUT2D eigenvalue weighted by atomic mass is 9.95. The van der Waals surface area contributed by atoms with E-state index in [4.69, 9.17) is 0 Å². The highest BCUT2D eigenvalue weighted by Crippen LogP contribution is 2.14. The Morgan fingerprint density at radius 3 is 2.48 bits per heavy atom. The molecule has 2 rings (SSSR count). The first kappa shape index (κ1) is 19.3. The number of amides is 1. The van der Waals surface area contributed by atoms with Crippen LogP contribution in [-0.4, -0.2) is 17.2 Å². The van der Waals surface area contributed by atoms with Crippen LogP contribution in [0.1, 0.15) is 31.4 Å². The van der Waals surface area contributed by atoms with Crippen molar-refractivity contribution in [3.8, 4) is 0 Å². The lowest BCUT2D eigenvalue weighted by Gasteiger charge is -2.26. The van der Waals surface area contributed by atoms with Crippen LogP contribution >= 0.6 is 11.8 Å². The highest BCUT2D eigenvalue weighted by Gasteiger charge is 2.20. The van der Waals surface area contributed by atoms with Crippen molar-refractivity contribution < 1.29 is 9.18 Å². The van der Waals surface area contributed by atoms with Crippen molar-refractivity contribution >= 4 is 23.7 Å². The van der Waals surface area contributed by atoms with Gasteiger partial charge in [0.1, 0.15) is 5.82 Å². The summed E-state index contributed by atoms with van der Waals surface area (Å²) >= 11 is 1.62. The van der Waals surface area contributed by atoms with Crippen LogP contribution in [0, 0.1) is 5.82 Å². The summed E-state index contributed by atoms with van der Waals surface area (Å²) in [6, 6.07) is 16.5. The first-order valence-electron chi connectivity index (χ1n) is 8.33. The number of rotatable bonds is 8. The fraction of sp³-hybridized carbons (Fsp3) is 0.286. The van der Waals surface area contributed by atoms with Gasteiger partial charge in [-0.2, -0.15) is 0 Å². The SMILES string of the molecule is CC(C)(Cc1ccc(F)cc1)NC(=O)CCS/C=C/c1ccccc1. The molecule has 0 aliphatic heterocycles. The summed E-state index contributed by atoms with van der Waals surface area (Å²) in [5, 5.41) is 5.08. The van der Waals surface area contributed by atoms with Crippen LogP contribution in [0.2, 0.25) is 0 Å². The summed E-state index contributed by atoms with van der Waals surface area (Å²) < 4.78 is 13.0. The lowest BCUT2D eigenvalue weighted by Crippen LogP contribution is -2.45. The van der Waals surface area contributed by atoms with Crippen molar-refractivity contribution in [2.75, 3.05) is 5.75 Å². The second-order valence-electron chi connectivity index (χ2n) is 6.57. The molecule has 0 atom stereocenters. The molecule has 1 N–H and O–H groups in total. The second-order valence-corrected chi connectivity index (χ2v) is 7.58. The van der Waals surface area contributed by atoms with E-state index in [0.717, 1.165) is 16.9 Å². The maximum atomic E-state index is 13.0. The molecule has 0 aromatic heterocycles. The number of carbonyl (C=O) groups excluding carboxylic acids is 1. The van der Waals surface area contributed by atoms with Crippen molar-refractivity contribution in [3.05, 3.63) is 76.9 Å². The Labute approximate surface area is 153 Å². The topological polar surface area (TPSA) is 29.1 Å². The van der Waals surface area contributed by atoms with Gasteiger partial charge in [0.2, 0.25) is 5.91 Å². The second kappa shape index (κ2) is 9.42. The summed E-state index contributed by atoms with van der Waals surface area (Å²) in [5.41, 5.74) is 1.80. The van der Waals surface area contributed by atoms with Crippen LogP contribution < -0.4 is 5.32 Å². The summed E-state index contributed by atoms with van der Waals surface area (Å²) in [6.07, 6.45) is 3.18. The zero-order chi connectivity index (χ0) is 18.1. The van der Waals surface area contributed by atoms with Gasteiger partial charge in [-0.15, -0.1) is 11.8 Å². The third-order valence-electron chi connectivity index (χ3n) is 3.64. The Morgan fingerprint density at radius 2 is 1.80 bits per heavy atom. The van der Waals surface area contributed by atoms with Gasteiger partial charge >= 0.3 is 0 Å². The number of thioether (sulfide) groups is 1. The van der Waals surface area contributed by atoms with Crippen molar-refractivity contribution in [1.82, 2.24) is 5.32 Å². The van der Waals surface area contributed by atoms with Gasteiger partial charge in [0.15, 0.2) is 0 Å². The molecule has 2 nitrogen and oxygen atoms in total. The normalized spacial score (nSPS) is 11.6. The van der Waals surface area contributed by atoms with Gasteiger partial charge in [0.25, 0.3) is 0 Å². The highest BCUT2D eigenvalue weighted by atomic mass is 32.2. The highest BCUT2D eigenvalue weighted by molar-refractivity contribution is 8.02. The van der Waals surface area contributed by atoms with E-state index in [1.54, 1.807) is 23.9 Å². The van der Waals surface area contributed by atoms with E-state index < -0.39 is 0 Å². The molecular weight excluding hydrogens is 333 g/mol. The molecule has 0 bridgehead atoms. The summed E-state index contributed by atoms with van der Waals surface area (Å²) in [4.78, 5) is 12.1. The number of halogens is 1. The van der Waals surface area contributed by atoms with Gasteiger partial charge in [-0.1, -0.05) is 42.5 Å². The summed E-state index contributed by atoms with van der Waals surface area (Å²) in [7, 11) is 0. The van der Waals surface area contributed by atoms with Crippen molar-refractivity contribution in [2.45, 2.75) is 32.2 Å². The molecule has 0 fully saturated rings. The molecule has 0 saturated heterocycles. The van der Waals surface area contributed by atoms with Gasteiger partial charge in [0.05, 0.1) is 0 Å². The maximum Gasteiger partial charge on any atom is 0.221 e. The van der Waals surface area contributed by atoms with Gasteiger partial charge < -0.3 is 5.32 Å². The molecule has 25 heavy (non-hydrogen) atoms. The number of nitrogens with one attached hydrogen (secondary N) is 1. The third-order valence-corrected chi connectivity index (χ3v) is 4.41. The molecule has 0 saturated carbocycles. The summed E-state index contributed by atoms with van der Waals surface area (Å²) in [5.74, 6) is 0.529. The van der Waals surface area contributed by atoms with Crippen LogP contribution in [0.15, 0.2) is 60.0 Å². The zero-order valence-corrected chi connectivity index (χ0v) is 15.5. The van der Waals surface area contributed by atoms with Crippen molar-refractivity contribution in [1.29, 1.82) is 0 Å². The maximum absolute atomic E-state index is 13.0. The molecule has 0 spiro atoms. The van der Waals surface area contributed by atoms with E-state index in [1.807, 2.05) is 55.7 Å². The number of benzene rings is 2. The summed E-state index contributed by atoms with van der Waals surface area (Å²) in [6.45, 7) is 3.97. The van der Waals surface area contributed by atoms with Crippen LogP contribution in [0.3, 0.4) is 0 Å². The number of carbonyl (C=O) groups is 1. The molecule has 2 aromatic rings. The molecule has 0 aliphatic rings. The average Bonchev–Trinajstić information content (AvgIpc) is 2.57. The van der Waals surface area contributed by atoms with E-state index >= 15 is 0 Å². The van der Waals surface area contributed by atoms with E-state index in [-0.39, 0.29) is 17.3 Å². The van der Waals surface area contributed by atoms with Crippen LogP contribution in [-0.2, 0) is 11.2 Å². The van der Waals surface area contributed by atoms with E-state index in [2.05, 4.69) is 5.32 Å². The molecule has 132 valence electrons. The number of hydrogen-bond acceptors (Lipinski definition) is 2. The average molecular weight is 357 g/mol. The minimum Gasteiger partial charge on any atom is -0.351 e. The van der Waals surface area contributed by atoms with E-state index in [9.17, 15) is 9.18 Å². The smallest absolute Gasteiger partial charge is 0.221 e. The minimum absolute atomic E-state index is 0.0349. The van der Waals surface area contributed by atoms with Gasteiger partial charge in [0, 0.05) is 17.7 Å². The molecule has 0 heterocycles. The first-order valence-corrected chi connectivity index (χ1v) is 9.38. The molecule has 0 radical (unpaired) electrons. The standard InChI is InChI=1S/C21H24FNOS/c1-21(2,16-18-8-10-19(22)11-9-18)23-20(24)13-15-25-14-12-17-6-4-3-5-7-17/h3-12,14H,13,15-16H2,1-2H3,(H,23,24)/b14-12+. The van der Waals surface area contributed by atoms with E-state index in [0.29, 0.717) is 12.8 Å². The molecule has 0 unspecified atom stereocenters. The Morgan fingerprint density at radius 1 is 1.12 bits per heavy atom. The Balaban J connectivity index is 1.71. The first-order chi connectivity index (χ1) is 11.9. The molecule has 4 heteroatoms. The largest absolute Gasteiger partial charge is 0.351 e. The quantitative estimate of drug-likeness (QED) is 0.669. The van der Waals surface area contributed by atoms with Crippen LogP contribution in [0.5, 0.6) is 0 Å². The molecule has 1 amide bonds. The van der Waals surface area contributed by atoms with Crippen LogP contribution in [0.4, 0.5) is 4.39 Å². The Hall–Kier alpha value is -2.07. The van der Waals surface area contributed by atoms with Crippen molar-refractivity contribution in [3.63, 3.8) is 0 Å². The van der Waals surface area contributed by atoms with Gasteiger partial charge in [-0.3, -0.25) is 4.79 Å². The van der Waals surface area contributed by atoms with Crippen LogP contribution in [0.25, 0.3) is 6.08 Å². The predicted molar refractivity (Wildman–Crippen MR) is 105 cm³/mol. The Kier molecular flexibility index (Phi) is 7.26. The van der Waals surface area contributed by atoms with E-state index in [1.165, 1.54) is 12.1 Å². The fourth-order valence-corrected chi connectivity index (χ4v) is 3.20. The molecule has 2 aromatic carbocycles. The van der Waals surface area contributed by atoms with Gasteiger partial charge in [-0.05, 0) is 55.0 Å². The van der Waals surface area contributed by atoms with Gasteiger partial charge in [-0.25, -0.2) is 4.39 Å². The number of hydrogen-bond donors (Lipinski definition) is 1. The third kappa shape index (κ3) is 7.57. The molecular formula is C21H24FNOS. The predicted octanol–water partition coefficient (Wildman–Crippen LogP) is 5.06. The lowest BCUT2D eigenvalue weighted by molar-refractivity contribution is -0.122. The molecule has 0 aliphatic carbocycles.